The molecule has 5 heteroatoms. The van der Waals surface area contributed by atoms with Gasteiger partial charge in [0, 0.05) is 23.0 Å². The maximum absolute atomic E-state index is 12.3. The van der Waals surface area contributed by atoms with E-state index >= 15 is 0 Å². The molecule has 2 amide bonds. The van der Waals surface area contributed by atoms with Gasteiger partial charge in [0.05, 0.1) is 5.25 Å². The van der Waals surface area contributed by atoms with E-state index < -0.39 is 0 Å². The van der Waals surface area contributed by atoms with Crippen LogP contribution in [0.2, 0.25) is 0 Å². The number of aryl methyl sites for hydroxylation is 1. The number of rotatable bonds is 7. The van der Waals surface area contributed by atoms with Crippen molar-refractivity contribution in [3.8, 4) is 0 Å². The lowest BCUT2D eigenvalue weighted by molar-refractivity contribution is -0.120. The maximum atomic E-state index is 12.3. The first-order valence-electron chi connectivity index (χ1n) is 8.92. The molecule has 136 valence electrons. The fourth-order valence-electron chi connectivity index (χ4n) is 2.56. The van der Waals surface area contributed by atoms with Gasteiger partial charge in [0.25, 0.3) is 0 Å². The minimum absolute atomic E-state index is 0.00277. The Morgan fingerprint density at radius 2 is 1.88 bits per heavy atom. The highest BCUT2D eigenvalue weighted by Gasteiger charge is 2.29. The van der Waals surface area contributed by atoms with Gasteiger partial charge in [0.1, 0.15) is 0 Å². The summed E-state index contributed by atoms with van der Waals surface area (Å²) in [5.41, 5.74) is 2.97. The van der Waals surface area contributed by atoms with Crippen LogP contribution in [0.4, 0.5) is 5.69 Å². The molecule has 0 heterocycles. The van der Waals surface area contributed by atoms with E-state index in [9.17, 15) is 9.59 Å². The van der Waals surface area contributed by atoms with Gasteiger partial charge < -0.3 is 10.6 Å². The first-order chi connectivity index (χ1) is 12.5. The Morgan fingerprint density at radius 3 is 2.58 bits per heavy atom. The highest BCUT2D eigenvalue weighted by Crippen LogP contribution is 2.30. The Morgan fingerprint density at radius 1 is 1.15 bits per heavy atom. The number of amides is 2. The van der Waals surface area contributed by atoms with E-state index in [1.807, 2.05) is 62.4 Å². The topological polar surface area (TPSA) is 58.2 Å². The van der Waals surface area contributed by atoms with Gasteiger partial charge in [-0.3, -0.25) is 9.59 Å². The number of nitrogens with one attached hydrogen (secondary N) is 2. The van der Waals surface area contributed by atoms with Crippen LogP contribution in [-0.2, 0) is 16.1 Å². The standard InChI is InChI=1S/C21H24N2O2S/c1-14-6-10-19(11-7-14)26-15(2)20(24)22-13-16-4-3-5-18(12-16)23-21(25)17-8-9-17/h3-7,10-12,15,17H,8-9,13H2,1-2H3,(H,22,24)(H,23,25). The third kappa shape index (κ3) is 5.36. The molecule has 0 saturated heterocycles. The van der Waals surface area contributed by atoms with Gasteiger partial charge in [-0.2, -0.15) is 0 Å². The second-order valence-corrected chi connectivity index (χ2v) is 8.17. The van der Waals surface area contributed by atoms with E-state index in [4.69, 9.17) is 0 Å². The second kappa shape index (κ2) is 8.41. The van der Waals surface area contributed by atoms with Crippen LogP contribution in [-0.4, -0.2) is 17.1 Å². The van der Waals surface area contributed by atoms with Crippen molar-refractivity contribution in [3.63, 3.8) is 0 Å². The summed E-state index contributed by atoms with van der Waals surface area (Å²) in [6.45, 7) is 4.41. The summed E-state index contributed by atoms with van der Waals surface area (Å²) in [5, 5.41) is 5.74. The van der Waals surface area contributed by atoms with Crippen LogP contribution in [0.25, 0.3) is 0 Å². The van der Waals surface area contributed by atoms with Crippen molar-refractivity contribution in [1.82, 2.24) is 5.32 Å². The van der Waals surface area contributed by atoms with Crippen molar-refractivity contribution in [1.29, 1.82) is 0 Å². The zero-order valence-corrected chi connectivity index (χ0v) is 15.9. The molecule has 0 aliphatic heterocycles. The summed E-state index contributed by atoms with van der Waals surface area (Å²) in [6.07, 6.45) is 1.97. The Hall–Kier alpha value is -2.27. The van der Waals surface area contributed by atoms with Gasteiger partial charge in [-0.05, 0) is 56.5 Å². The lowest BCUT2D eigenvalue weighted by Crippen LogP contribution is -2.30. The van der Waals surface area contributed by atoms with Crippen molar-refractivity contribution in [2.45, 2.75) is 43.4 Å². The lowest BCUT2D eigenvalue weighted by atomic mass is 10.2. The number of anilines is 1. The lowest BCUT2D eigenvalue weighted by Gasteiger charge is -2.13. The fourth-order valence-corrected chi connectivity index (χ4v) is 3.45. The molecule has 1 aliphatic rings. The zero-order valence-electron chi connectivity index (χ0n) is 15.1. The minimum atomic E-state index is -0.171. The number of hydrogen-bond donors (Lipinski definition) is 2. The predicted octanol–water partition coefficient (Wildman–Crippen LogP) is 4.14. The van der Waals surface area contributed by atoms with E-state index in [-0.39, 0.29) is 23.0 Å². The van der Waals surface area contributed by atoms with E-state index in [2.05, 4.69) is 10.6 Å². The molecule has 2 aromatic rings. The van der Waals surface area contributed by atoms with E-state index in [0.29, 0.717) is 6.54 Å². The van der Waals surface area contributed by atoms with Crippen molar-refractivity contribution in [2.75, 3.05) is 5.32 Å². The summed E-state index contributed by atoms with van der Waals surface area (Å²) in [7, 11) is 0. The SMILES string of the molecule is Cc1ccc(SC(C)C(=O)NCc2cccc(NC(=O)C3CC3)c2)cc1. The molecule has 1 aliphatic carbocycles. The predicted molar refractivity (Wildman–Crippen MR) is 106 cm³/mol. The van der Waals surface area contributed by atoms with Gasteiger partial charge in [0.2, 0.25) is 11.8 Å². The normalized spacial score (nSPS) is 14.5. The molecule has 0 bridgehead atoms. The van der Waals surface area contributed by atoms with Gasteiger partial charge in [-0.15, -0.1) is 11.8 Å². The molecule has 1 saturated carbocycles. The fraction of sp³-hybridized carbons (Fsp3) is 0.333. The monoisotopic (exact) mass is 368 g/mol. The summed E-state index contributed by atoms with van der Waals surface area (Å²) in [5.74, 6) is 0.273. The Kier molecular flexibility index (Phi) is 5.99. The van der Waals surface area contributed by atoms with Gasteiger partial charge in [-0.1, -0.05) is 29.8 Å². The largest absolute Gasteiger partial charge is 0.351 e. The summed E-state index contributed by atoms with van der Waals surface area (Å²) in [4.78, 5) is 25.3. The number of carbonyl (C=O) groups is 2. The zero-order chi connectivity index (χ0) is 18.5. The van der Waals surface area contributed by atoms with Crippen LogP contribution in [0, 0.1) is 12.8 Å². The molecule has 3 rings (SSSR count). The van der Waals surface area contributed by atoms with Crippen LogP contribution in [0.5, 0.6) is 0 Å². The molecule has 1 unspecified atom stereocenters. The molecule has 2 N–H and O–H groups in total. The average Bonchev–Trinajstić information content (AvgIpc) is 3.47. The molecular formula is C21H24N2O2S. The van der Waals surface area contributed by atoms with Crippen molar-refractivity contribution in [3.05, 3.63) is 59.7 Å². The van der Waals surface area contributed by atoms with Crippen LogP contribution in [0.3, 0.4) is 0 Å². The first-order valence-corrected chi connectivity index (χ1v) is 9.80. The molecule has 1 fully saturated rings. The molecule has 0 radical (unpaired) electrons. The molecule has 0 spiro atoms. The van der Waals surface area contributed by atoms with E-state index in [1.54, 1.807) is 11.8 Å². The number of benzene rings is 2. The minimum Gasteiger partial charge on any atom is -0.351 e. The van der Waals surface area contributed by atoms with Crippen LogP contribution < -0.4 is 10.6 Å². The molecule has 26 heavy (non-hydrogen) atoms. The van der Waals surface area contributed by atoms with E-state index in [1.165, 1.54) is 5.56 Å². The van der Waals surface area contributed by atoms with Crippen molar-refractivity contribution >= 4 is 29.3 Å². The highest BCUT2D eigenvalue weighted by molar-refractivity contribution is 8.00. The Bertz CT molecular complexity index is 785. The Balaban J connectivity index is 1.50. The maximum Gasteiger partial charge on any atom is 0.233 e. The third-order valence-electron chi connectivity index (χ3n) is 4.31. The van der Waals surface area contributed by atoms with Gasteiger partial charge in [-0.25, -0.2) is 0 Å². The smallest absolute Gasteiger partial charge is 0.233 e. The number of thioether (sulfide) groups is 1. The van der Waals surface area contributed by atoms with Crippen LogP contribution >= 0.6 is 11.8 Å². The van der Waals surface area contributed by atoms with Crippen molar-refractivity contribution in [2.24, 2.45) is 5.92 Å². The van der Waals surface area contributed by atoms with Crippen LogP contribution in [0.1, 0.15) is 30.9 Å². The van der Waals surface area contributed by atoms with Gasteiger partial charge in [0.15, 0.2) is 0 Å². The number of carbonyl (C=O) groups excluding carboxylic acids is 2. The van der Waals surface area contributed by atoms with Crippen LogP contribution in [0.15, 0.2) is 53.4 Å². The summed E-state index contributed by atoms with van der Waals surface area (Å²) in [6, 6.07) is 15.8. The molecule has 2 aromatic carbocycles. The molecule has 4 nitrogen and oxygen atoms in total. The second-order valence-electron chi connectivity index (χ2n) is 6.75. The molecular weight excluding hydrogens is 344 g/mol. The summed E-state index contributed by atoms with van der Waals surface area (Å²) >= 11 is 1.55. The average molecular weight is 369 g/mol. The third-order valence-corrected chi connectivity index (χ3v) is 5.42. The first kappa shape index (κ1) is 18.5. The highest BCUT2D eigenvalue weighted by atomic mass is 32.2. The molecule has 1 atom stereocenters. The Labute approximate surface area is 158 Å². The van der Waals surface area contributed by atoms with E-state index in [0.717, 1.165) is 29.0 Å². The van der Waals surface area contributed by atoms with Gasteiger partial charge >= 0.3 is 0 Å². The summed E-state index contributed by atoms with van der Waals surface area (Å²) < 4.78 is 0. The quantitative estimate of drug-likeness (QED) is 0.722. The van der Waals surface area contributed by atoms with Crippen molar-refractivity contribution < 1.29 is 9.59 Å². The number of hydrogen-bond acceptors (Lipinski definition) is 3. The molecule has 0 aromatic heterocycles.